The first-order valence-electron chi connectivity index (χ1n) is 8.54. The van der Waals surface area contributed by atoms with E-state index in [0.717, 1.165) is 27.9 Å². The van der Waals surface area contributed by atoms with Crippen molar-refractivity contribution in [1.82, 2.24) is 0 Å². The predicted octanol–water partition coefficient (Wildman–Crippen LogP) is 3.54. The molecule has 0 unspecified atom stereocenters. The van der Waals surface area contributed by atoms with Crippen LogP contribution in [0.2, 0.25) is 0 Å². The molecule has 2 aromatic rings. The number of nitrogens with one attached hydrogen (secondary N) is 1. The summed E-state index contributed by atoms with van der Waals surface area (Å²) < 4.78 is 15.5. The highest BCUT2D eigenvalue weighted by Crippen LogP contribution is 2.32. The Hall–Kier alpha value is -3.28. The molecule has 0 spiro atoms. The van der Waals surface area contributed by atoms with Crippen LogP contribution in [0.3, 0.4) is 0 Å². The molecule has 2 aromatic carbocycles. The Labute approximate surface area is 157 Å². The van der Waals surface area contributed by atoms with Crippen LogP contribution in [0.25, 0.3) is 6.08 Å². The molecular formula is C21H21NO5. The Morgan fingerprint density at radius 3 is 2.52 bits per heavy atom. The molecule has 6 nitrogen and oxygen atoms in total. The predicted molar refractivity (Wildman–Crippen MR) is 102 cm³/mol. The minimum absolute atomic E-state index is 0.194. The normalized spacial score (nSPS) is 12.3. The smallest absolute Gasteiger partial charge is 0.331 e. The zero-order valence-corrected chi connectivity index (χ0v) is 15.5. The number of carbonyl (C=O) groups is 2. The molecule has 0 atom stereocenters. The van der Waals surface area contributed by atoms with E-state index < -0.39 is 5.97 Å². The maximum Gasteiger partial charge on any atom is 0.331 e. The van der Waals surface area contributed by atoms with Crippen molar-refractivity contribution in [2.24, 2.45) is 0 Å². The van der Waals surface area contributed by atoms with Crippen LogP contribution in [0, 0.1) is 20.8 Å². The Bertz CT molecular complexity index is 894. The number of hydrogen-bond acceptors (Lipinski definition) is 5. The third-order valence-corrected chi connectivity index (χ3v) is 4.10. The minimum Gasteiger partial charge on any atom is -0.454 e. The third kappa shape index (κ3) is 4.67. The maximum absolute atomic E-state index is 12.1. The molecule has 6 heteroatoms. The van der Waals surface area contributed by atoms with E-state index in [-0.39, 0.29) is 19.3 Å². The summed E-state index contributed by atoms with van der Waals surface area (Å²) in [5, 5.41) is 2.79. The van der Waals surface area contributed by atoms with Gasteiger partial charge in [-0.2, -0.15) is 0 Å². The SMILES string of the molecule is Cc1cc(C)c(NC(=O)COC(=O)/C=C/c2ccc3c(c2)OCO3)c(C)c1. The van der Waals surface area contributed by atoms with E-state index in [1.807, 2.05) is 32.9 Å². The number of hydrogen-bond donors (Lipinski definition) is 1. The van der Waals surface area contributed by atoms with Crippen LogP contribution in [-0.4, -0.2) is 25.3 Å². The molecule has 0 bridgehead atoms. The summed E-state index contributed by atoms with van der Waals surface area (Å²) >= 11 is 0. The number of aryl methyl sites for hydroxylation is 3. The summed E-state index contributed by atoms with van der Waals surface area (Å²) in [6.45, 7) is 5.70. The van der Waals surface area contributed by atoms with Crippen molar-refractivity contribution in [2.45, 2.75) is 20.8 Å². The van der Waals surface area contributed by atoms with Crippen LogP contribution in [0.1, 0.15) is 22.3 Å². The van der Waals surface area contributed by atoms with Gasteiger partial charge < -0.3 is 19.5 Å². The van der Waals surface area contributed by atoms with Crippen LogP contribution in [-0.2, 0) is 14.3 Å². The molecule has 140 valence electrons. The highest BCUT2D eigenvalue weighted by atomic mass is 16.7. The van der Waals surface area contributed by atoms with Gasteiger partial charge in [-0.1, -0.05) is 23.8 Å². The molecule has 3 rings (SSSR count). The van der Waals surface area contributed by atoms with E-state index in [2.05, 4.69) is 5.32 Å². The maximum atomic E-state index is 12.1. The van der Waals surface area contributed by atoms with Crippen molar-refractivity contribution < 1.29 is 23.8 Å². The molecule has 1 N–H and O–H groups in total. The van der Waals surface area contributed by atoms with Crippen molar-refractivity contribution >= 4 is 23.6 Å². The molecule has 0 aromatic heterocycles. The van der Waals surface area contributed by atoms with Gasteiger partial charge in [0.15, 0.2) is 18.1 Å². The van der Waals surface area contributed by atoms with Gasteiger partial charge in [0, 0.05) is 11.8 Å². The van der Waals surface area contributed by atoms with Gasteiger partial charge in [-0.25, -0.2) is 4.79 Å². The van der Waals surface area contributed by atoms with Gasteiger partial charge in [0.25, 0.3) is 5.91 Å². The number of carbonyl (C=O) groups excluding carboxylic acids is 2. The van der Waals surface area contributed by atoms with Crippen LogP contribution < -0.4 is 14.8 Å². The lowest BCUT2D eigenvalue weighted by atomic mass is 10.1. The first-order valence-corrected chi connectivity index (χ1v) is 8.54. The van der Waals surface area contributed by atoms with Crippen molar-refractivity contribution in [1.29, 1.82) is 0 Å². The number of rotatable bonds is 5. The molecule has 0 saturated carbocycles. The van der Waals surface area contributed by atoms with E-state index in [4.69, 9.17) is 14.2 Å². The van der Waals surface area contributed by atoms with E-state index in [9.17, 15) is 9.59 Å². The van der Waals surface area contributed by atoms with Crippen molar-refractivity contribution in [3.63, 3.8) is 0 Å². The van der Waals surface area contributed by atoms with Gasteiger partial charge in [-0.05, 0) is 55.7 Å². The fourth-order valence-electron chi connectivity index (χ4n) is 2.92. The van der Waals surface area contributed by atoms with Crippen molar-refractivity contribution in [3.8, 4) is 11.5 Å². The van der Waals surface area contributed by atoms with E-state index in [0.29, 0.717) is 11.5 Å². The minimum atomic E-state index is -0.597. The third-order valence-electron chi connectivity index (χ3n) is 4.10. The largest absolute Gasteiger partial charge is 0.454 e. The Balaban J connectivity index is 1.52. The van der Waals surface area contributed by atoms with Crippen LogP contribution >= 0.6 is 0 Å². The second-order valence-corrected chi connectivity index (χ2v) is 6.38. The van der Waals surface area contributed by atoms with Crippen LogP contribution in [0.5, 0.6) is 11.5 Å². The van der Waals surface area contributed by atoms with Gasteiger partial charge in [0.2, 0.25) is 6.79 Å². The Kier molecular flexibility index (Phi) is 5.45. The molecule has 1 aliphatic rings. The van der Waals surface area contributed by atoms with Gasteiger partial charge in [-0.15, -0.1) is 0 Å². The summed E-state index contributed by atoms with van der Waals surface area (Å²) in [5.41, 5.74) is 4.58. The lowest BCUT2D eigenvalue weighted by Crippen LogP contribution is -2.21. The first-order chi connectivity index (χ1) is 12.9. The summed E-state index contributed by atoms with van der Waals surface area (Å²) in [6.07, 6.45) is 2.86. The summed E-state index contributed by atoms with van der Waals surface area (Å²) in [4.78, 5) is 23.9. The second kappa shape index (κ2) is 7.95. The fraction of sp³-hybridized carbons (Fsp3) is 0.238. The van der Waals surface area contributed by atoms with E-state index in [1.165, 1.54) is 6.08 Å². The number of ether oxygens (including phenoxy) is 3. The average Bonchev–Trinajstić information content (AvgIpc) is 3.09. The highest BCUT2D eigenvalue weighted by molar-refractivity contribution is 5.95. The fourth-order valence-corrected chi connectivity index (χ4v) is 2.92. The standard InChI is InChI=1S/C21H21NO5/c1-13-8-14(2)21(15(3)9-13)22-19(23)11-25-20(24)7-5-16-4-6-17-18(10-16)27-12-26-17/h4-10H,11-12H2,1-3H3,(H,22,23)/b7-5+. The molecule has 0 saturated heterocycles. The molecule has 0 aliphatic carbocycles. The molecule has 1 aliphatic heterocycles. The van der Waals surface area contributed by atoms with Gasteiger partial charge in [-0.3, -0.25) is 4.79 Å². The quantitative estimate of drug-likeness (QED) is 0.646. The lowest BCUT2D eigenvalue weighted by molar-refractivity contribution is -0.142. The molecule has 27 heavy (non-hydrogen) atoms. The van der Waals surface area contributed by atoms with Gasteiger partial charge >= 0.3 is 5.97 Å². The monoisotopic (exact) mass is 367 g/mol. The van der Waals surface area contributed by atoms with Crippen LogP contribution in [0.4, 0.5) is 5.69 Å². The first kappa shape index (κ1) is 18.5. The second-order valence-electron chi connectivity index (χ2n) is 6.38. The number of amides is 1. The summed E-state index contributed by atoms with van der Waals surface area (Å²) in [6, 6.07) is 9.31. The number of benzene rings is 2. The van der Waals surface area contributed by atoms with E-state index >= 15 is 0 Å². The topological polar surface area (TPSA) is 73.9 Å². The number of anilines is 1. The summed E-state index contributed by atoms with van der Waals surface area (Å²) in [7, 11) is 0. The molecule has 0 radical (unpaired) electrons. The molecule has 0 fully saturated rings. The molecule has 1 heterocycles. The van der Waals surface area contributed by atoms with Crippen molar-refractivity contribution in [3.05, 3.63) is 58.7 Å². The van der Waals surface area contributed by atoms with Crippen molar-refractivity contribution in [2.75, 3.05) is 18.7 Å². The molecule has 1 amide bonds. The Morgan fingerprint density at radius 2 is 1.78 bits per heavy atom. The number of esters is 1. The number of fused-ring (bicyclic) bond motifs is 1. The Morgan fingerprint density at radius 1 is 1.07 bits per heavy atom. The van der Waals surface area contributed by atoms with Gasteiger partial charge in [0.05, 0.1) is 0 Å². The van der Waals surface area contributed by atoms with Crippen LogP contribution in [0.15, 0.2) is 36.4 Å². The molecular weight excluding hydrogens is 346 g/mol. The van der Waals surface area contributed by atoms with E-state index in [1.54, 1.807) is 24.3 Å². The zero-order chi connectivity index (χ0) is 19.4. The zero-order valence-electron chi connectivity index (χ0n) is 15.5. The lowest BCUT2D eigenvalue weighted by Gasteiger charge is -2.12. The highest BCUT2D eigenvalue weighted by Gasteiger charge is 2.13. The summed E-state index contributed by atoms with van der Waals surface area (Å²) in [5.74, 6) is 0.330. The average molecular weight is 367 g/mol. The van der Waals surface area contributed by atoms with Gasteiger partial charge in [0.1, 0.15) is 0 Å².